The number of rotatable bonds is 9. The minimum Gasteiger partial charge on any atom is -0.352 e. The molecule has 0 spiro atoms. The molecule has 0 radical (unpaired) electrons. The summed E-state index contributed by atoms with van der Waals surface area (Å²) >= 11 is 0. The van der Waals surface area contributed by atoms with Crippen LogP contribution in [0.1, 0.15) is 49.5 Å². The highest BCUT2D eigenvalue weighted by atomic mass is 16.2. The third-order valence-corrected chi connectivity index (χ3v) is 5.65. The van der Waals surface area contributed by atoms with Crippen LogP contribution in [0.3, 0.4) is 0 Å². The lowest BCUT2D eigenvalue weighted by atomic mass is 10.1. The summed E-state index contributed by atoms with van der Waals surface area (Å²) in [6.07, 6.45) is 1.14. The van der Waals surface area contributed by atoms with Gasteiger partial charge in [-0.05, 0) is 42.7 Å². The zero-order chi connectivity index (χ0) is 23.9. The molecular formula is C27H25N3O4. The fourth-order valence-corrected chi connectivity index (χ4v) is 3.90. The van der Waals surface area contributed by atoms with Gasteiger partial charge < -0.3 is 10.6 Å². The van der Waals surface area contributed by atoms with Crippen LogP contribution in [-0.4, -0.2) is 41.6 Å². The summed E-state index contributed by atoms with van der Waals surface area (Å²) in [5, 5.41) is 5.66. The van der Waals surface area contributed by atoms with Gasteiger partial charge in [0.2, 0.25) is 5.91 Å². The number of nitrogens with one attached hydrogen (secondary N) is 2. The van der Waals surface area contributed by atoms with E-state index in [1.807, 2.05) is 30.3 Å². The smallest absolute Gasteiger partial charge is 0.261 e. The number of anilines is 1. The first-order valence-corrected chi connectivity index (χ1v) is 11.2. The van der Waals surface area contributed by atoms with Crippen molar-refractivity contribution in [2.24, 2.45) is 0 Å². The van der Waals surface area contributed by atoms with Gasteiger partial charge in [-0.15, -0.1) is 0 Å². The molecule has 0 fully saturated rings. The van der Waals surface area contributed by atoms with Crippen LogP contribution >= 0.6 is 0 Å². The second kappa shape index (κ2) is 10.6. The van der Waals surface area contributed by atoms with Crippen LogP contribution in [0.2, 0.25) is 0 Å². The van der Waals surface area contributed by atoms with Gasteiger partial charge >= 0.3 is 0 Å². The molecular weight excluding hydrogens is 430 g/mol. The molecule has 2 N–H and O–H groups in total. The number of carbonyl (C=O) groups excluding carboxylic acids is 4. The number of carbonyl (C=O) groups is 4. The van der Waals surface area contributed by atoms with Crippen LogP contribution in [0.25, 0.3) is 0 Å². The lowest BCUT2D eigenvalue weighted by Crippen LogP contribution is -2.31. The van der Waals surface area contributed by atoms with Gasteiger partial charge in [0.15, 0.2) is 0 Å². The average Bonchev–Trinajstić information content (AvgIpc) is 3.10. The van der Waals surface area contributed by atoms with Gasteiger partial charge in [-0.25, -0.2) is 0 Å². The minimum atomic E-state index is -0.335. The Morgan fingerprint density at radius 3 is 2.09 bits per heavy atom. The van der Waals surface area contributed by atoms with Crippen molar-refractivity contribution in [2.45, 2.75) is 19.3 Å². The Labute approximate surface area is 197 Å². The maximum Gasteiger partial charge on any atom is 0.261 e. The molecule has 4 amide bonds. The predicted molar refractivity (Wildman–Crippen MR) is 129 cm³/mol. The molecule has 4 rings (SSSR count). The fraction of sp³-hybridized carbons (Fsp3) is 0.185. The van der Waals surface area contributed by atoms with E-state index in [4.69, 9.17) is 0 Å². The Hall–Kier alpha value is -4.26. The Balaban J connectivity index is 1.28. The molecule has 3 aromatic carbocycles. The van der Waals surface area contributed by atoms with Crippen LogP contribution in [0.15, 0.2) is 78.9 Å². The number of para-hydroxylation sites is 1. The molecule has 172 valence electrons. The summed E-state index contributed by atoms with van der Waals surface area (Å²) in [6, 6.07) is 23.4. The first kappa shape index (κ1) is 22.9. The number of fused-ring (bicyclic) bond motifs is 1. The van der Waals surface area contributed by atoms with E-state index in [1.54, 1.807) is 48.5 Å². The number of nitrogens with zero attached hydrogens (tertiary/aromatic N) is 1. The number of imide groups is 1. The Morgan fingerprint density at radius 2 is 1.38 bits per heavy atom. The zero-order valence-corrected chi connectivity index (χ0v) is 18.6. The topological polar surface area (TPSA) is 95.6 Å². The van der Waals surface area contributed by atoms with Crippen molar-refractivity contribution in [3.05, 3.63) is 101 Å². The first-order chi connectivity index (χ1) is 16.5. The molecule has 7 nitrogen and oxygen atoms in total. The largest absolute Gasteiger partial charge is 0.352 e. The molecule has 0 saturated heterocycles. The zero-order valence-electron chi connectivity index (χ0n) is 18.6. The van der Waals surface area contributed by atoms with E-state index in [0.717, 1.165) is 5.56 Å². The van der Waals surface area contributed by atoms with Crippen LogP contribution in [0.5, 0.6) is 0 Å². The van der Waals surface area contributed by atoms with Crippen LogP contribution in [0.4, 0.5) is 5.69 Å². The fourth-order valence-electron chi connectivity index (χ4n) is 3.90. The normalized spacial score (nSPS) is 12.4. The molecule has 7 heteroatoms. The Kier molecular flexibility index (Phi) is 7.13. The third-order valence-electron chi connectivity index (χ3n) is 5.65. The molecule has 34 heavy (non-hydrogen) atoms. The summed E-state index contributed by atoms with van der Waals surface area (Å²) in [5.74, 6) is -1.23. The molecule has 0 aliphatic carbocycles. The molecule has 0 saturated carbocycles. The molecule has 0 aromatic heterocycles. The summed E-state index contributed by atoms with van der Waals surface area (Å²) in [7, 11) is 0. The molecule has 1 aliphatic rings. The van der Waals surface area contributed by atoms with E-state index in [-0.39, 0.29) is 36.6 Å². The highest BCUT2D eigenvalue weighted by molar-refractivity contribution is 6.21. The molecule has 0 bridgehead atoms. The van der Waals surface area contributed by atoms with E-state index < -0.39 is 0 Å². The summed E-state index contributed by atoms with van der Waals surface area (Å²) < 4.78 is 0. The minimum absolute atomic E-state index is 0.108. The van der Waals surface area contributed by atoms with Gasteiger partial charge in [0.05, 0.1) is 22.4 Å². The van der Waals surface area contributed by atoms with Gasteiger partial charge in [-0.1, -0.05) is 54.6 Å². The molecule has 1 aliphatic heterocycles. The second-order valence-corrected chi connectivity index (χ2v) is 8.00. The summed E-state index contributed by atoms with van der Waals surface area (Å²) in [5.41, 5.74) is 2.71. The highest BCUT2D eigenvalue weighted by Crippen LogP contribution is 2.23. The molecule has 0 unspecified atom stereocenters. The van der Waals surface area contributed by atoms with Crippen LogP contribution in [-0.2, 0) is 11.2 Å². The number of hydrogen-bond donors (Lipinski definition) is 2. The SMILES string of the molecule is O=C(CCCN1C(=O)c2ccccc2C1=O)Nc1ccccc1C(=O)NCCc1ccccc1. The van der Waals surface area contributed by atoms with E-state index in [0.29, 0.717) is 41.8 Å². The van der Waals surface area contributed by atoms with Crippen LogP contribution in [0, 0.1) is 0 Å². The van der Waals surface area contributed by atoms with Crippen molar-refractivity contribution in [1.82, 2.24) is 10.2 Å². The van der Waals surface area contributed by atoms with Gasteiger partial charge in [0, 0.05) is 19.5 Å². The quantitative estimate of drug-likeness (QED) is 0.481. The maximum absolute atomic E-state index is 12.7. The third kappa shape index (κ3) is 5.20. The van der Waals surface area contributed by atoms with E-state index >= 15 is 0 Å². The van der Waals surface area contributed by atoms with Crippen molar-refractivity contribution >= 4 is 29.3 Å². The van der Waals surface area contributed by atoms with E-state index in [9.17, 15) is 19.2 Å². The lowest BCUT2D eigenvalue weighted by molar-refractivity contribution is -0.116. The molecule has 1 heterocycles. The predicted octanol–water partition coefficient (Wildman–Crippen LogP) is 3.67. The standard InChI is InChI=1S/C27H25N3O4/c31-24(15-8-18-30-26(33)20-11-4-5-12-21(20)27(30)34)29-23-14-7-6-13-22(23)25(32)28-17-16-19-9-2-1-3-10-19/h1-7,9-14H,8,15-18H2,(H,28,32)(H,29,31). The van der Waals surface area contributed by atoms with Crippen molar-refractivity contribution in [3.63, 3.8) is 0 Å². The van der Waals surface area contributed by atoms with Crippen molar-refractivity contribution in [3.8, 4) is 0 Å². The van der Waals surface area contributed by atoms with Crippen LogP contribution < -0.4 is 10.6 Å². The van der Waals surface area contributed by atoms with Gasteiger partial charge in [-0.3, -0.25) is 24.1 Å². The lowest BCUT2D eigenvalue weighted by Gasteiger charge is -2.14. The second-order valence-electron chi connectivity index (χ2n) is 8.00. The Bertz CT molecular complexity index is 1190. The van der Waals surface area contributed by atoms with Crippen molar-refractivity contribution < 1.29 is 19.2 Å². The maximum atomic E-state index is 12.7. The van der Waals surface area contributed by atoms with Gasteiger partial charge in [0.25, 0.3) is 17.7 Å². The van der Waals surface area contributed by atoms with Gasteiger partial charge in [0.1, 0.15) is 0 Å². The highest BCUT2D eigenvalue weighted by Gasteiger charge is 2.34. The van der Waals surface area contributed by atoms with Crippen molar-refractivity contribution in [1.29, 1.82) is 0 Å². The summed E-state index contributed by atoms with van der Waals surface area (Å²) in [6.45, 7) is 0.632. The number of benzene rings is 3. The van der Waals surface area contributed by atoms with Crippen molar-refractivity contribution in [2.75, 3.05) is 18.4 Å². The average molecular weight is 456 g/mol. The monoisotopic (exact) mass is 455 g/mol. The van der Waals surface area contributed by atoms with Gasteiger partial charge in [-0.2, -0.15) is 0 Å². The van der Waals surface area contributed by atoms with E-state index in [2.05, 4.69) is 10.6 Å². The Morgan fingerprint density at radius 1 is 0.765 bits per heavy atom. The molecule has 3 aromatic rings. The number of amides is 4. The molecule has 0 atom stereocenters. The first-order valence-electron chi connectivity index (χ1n) is 11.2. The number of hydrogen-bond acceptors (Lipinski definition) is 4. The summed E-state index contributed by atoms with van der Waals surface area (Å²) in [4.78, 5) is 51.2. The van der Waals surface area contributed by atoms with E-state index in [1.165, 1.54) is 4.90 Å².